The summed E-state index contributed by atoms with van der Waals surface area (Å²) in [5.41, 5.74) is 1.71. The van der Waals surface area contributed by atoms with Crippen molar-refractivity contribution in [2.75, 3.05) is 24.5 Å². The molecular formula is C15H24ClN3O3S. The van der Waals surface area contributed by atoms with Crippen molar-refractivity contribution in [1.82, 2.24) is 10.0 Å². The molecule has 0 radical (unpaired) electrons. The van der Waals surface area contributed by atoms with Crippen LogP contribution in [0.5, 0.6) is 0 Å². The number of hydrogen-bond donors (Lipinski definition) is 2. The molecule has 23 heavy (non-hydrogen) atoms. The van der Waals surface area contributed by atoms with Crippen molar-refractivity contribution >= 4 is 34.0 Å². The second kappa shape index (κ2) is 8.10. The highest BCUT2D eigenvalue weighted by Gasteiger charge is 2.24. The molecule has 2 N–H and O–H groups in total. The minimum Gasteiger partial charge on any atom is -0.313 e. The normalized spacial score (nSPS) is 15.0. The molecule has 1 aliphatic heterocycles. The summed E-state index contributed by atoms with van der Waals surface area (Å²) >= 11 is 0. The largest absolute Gasteiger partial charge is 0.313 e. The van der Waals surface area contributed by atoms with Gasteiger partial charge in [-0.15, -0.1) is 12.4 Å². The van der Waals surface area contributed by atoms with Crippen LogP contribution in [0.25, 0.3) is 0 Å². The zero-order valence-corrected chi connectivity index (χ0v) is 15.3. The van der Waals surface area contributed by atoms with Crippen LogP contribution >= 0.6 is 12.4 Å². The second-order valence-electron chi connectivity index (χ2n) is 5.52. The Kier molecular flexibility index (Phi) is 7.01. The molecule has 1 aromatic carbocycles. The predicted octanol–water partition coefficient (Wildman–Crippen LogP) is 1.29. The number of halogens is 1. The molecule has 0 aliphatic carbocycles. The number of carbonyl (C=O) groups excluding carboxylic acids is 1. The van der Waals surface area contributed by atoms with Gasteiger partial charge in [-0.25, -0.2) is 13.1 Å². The van der Waals surface area contributed by atoms with Crippen LogP contribution in [0.2, 0.25) is 0 Å². The van der Waals surface area contributed by atoms with Gasteiger partial charge in [-0.1, -0.05) is 6.92 Å². The Morgan fingerprint density at radius 3 is 2.70 bits per heavy atom. The van der Waals surface area contributed by atoms with Gasteiger partial charge in [-0.2, -0.15) is 0 Å². The lowest BCUT2D eigenvalue weighted by Crippen LogP contribution is -2.38. The van der Waals surface area contributed by atoms with Crippen LogP contribution in [0.3, 0.4) is 0 Å². The van der Waals surface area contributed by atoms with Gasteiger partial charge >= 0.3 is 0 Å². The number of benzene rings is 1. The van der Waals surface area contributed by atoms with E-state index >= 15 is 0 Å². The zero-order valence-electron chi connectivity index (χ0n) is 13.6. The molecule has 1 heterocycles. The van der Waals surface area contributed by atoms with Crippen LogP contribution in [0, 0.1) is 0 Å². The highest BCUT2D eigenvalue weighted by molar-refractivity contribution is 7.89. The molecule has 1 amide bonds. The quantitative estimate of drug-likeness (QED) is 0.800. The third-order valence-corrected chi connectivity index (χ3v) is 5.19. The fourth-order valence-corrected chi connectivity index (χ4v) is 3.79. The summed E-state index contributed by atoms with van der Waals surface area (Å²) in [7, 11) is -3.53. The van der Waals surface area contributed by atoms with Crippen LogP contribution in [0.15, 0.2) is 23.1 Å². The maximum atomic E-state index is 12.3. The average molecular weight is 362 g/mol. The van der Waals surface area contributed by atoms with E-state index < -0.39 is 10.0 Å². The van der Waals surface area contributed by atoms with Crippen LogP contribution in [-0.2, 0) is 21.2 Å². The number of fused-ring (bicyclic) bond motifs is 1. The van der Waals surface area contributed by atoms with Crippen LogP contribution in [0.4, 0.5) is 5.69 Å². The van der Waals surface area contributed by atoms with Crippen molar-refractivity contribution in [2.24, 2.45) is 0 Å². The van der Waals surface area contributed by atoms with Crippen molar-refractivity contribution in [1.29, 1.82) is 0 Å². The van der Waals surface area contributed by atoms with Crippen LogP contribution in [-0.4, -0.2) is 40.0 Å². The Labute approximate surface area is 144 Å². The first-order valence-corrected chi connectivity index (χ1v) is 8.97. The molecule has 0 fully saturated rings. The third kappa shape index (κ3) is 4.67. The molecule has 1 atom stereocenters. The number of amides is 1. The number of sulfonamides is 1. The van der Waals surface area contributed by atoms with E-state index in [1.807, 2.05) is 13.8 Å². The molecule has 8 heteroatoms. The van der Waals surface area contributed by atoms with Gasteiger partial charge in [-0.3, -0.25) is 4.79 Å². The lowest BCUT2D eigenvalue weighted by molar-refractivity contribution is -0.116. The Morgan fingerprint density at radius 2 is 2.09 bits per heavy atom. The van der Waals surface area contributed by atoms with E-state index in [2.05, 4.69) is 10.0 Å². The number of rotatable bonds is 6. The molecule has 1 aromatic rings. The van der Waals surface area contributed by atoms with Crippen LogP contribution < -0.4 is 14.9 Å². The minimum absolute atomic E-state index is 0. The number of hydrogen-bond acceptors (Lipinski definition) is 4. The fourth-order valence-electron chi connectivity index (χ4n) is 2.61. The summed E-state index contributed by atoms with van der Waals surface area (Å²) in [6.07, 6.45) is 0.687. The molecule has 0 saturated heterocycles. The van der Waals surface area contributed by atoms with Gasteiger partial charge in [0.1, 0.15) is 0 Å². The van der Waals surface area contributed by atoms with Gasteiger partial charge in [-0.05, 0) is 43.7 Å². The molecule has 0 aromatic heterocycles. The van der Waals surface area contributed by atoms with Crippen molar-refractivity contribution in [3.63, 3.8) is 0 Å². The topological polar surface area (TPSA) is 78.5 Å². The minimum atomic E-state index is -3.53. The summed E-state index contributed by atoms with van der Waals surface area (Å²) in [6.45, 7) is 7.17. The van der Waals surface area contributed by atoms with Gasteiger partial charge < -0.3 is 10.2 Å². The van der Waals surface area contributed by atoms with Crippen molar-refractivity contribution in [3.8, 4) is 0 Å². The van der Waals surface area contributed by atoms with Gasteiger partial charge in [0.2, 0.25) is 15.9 Å². The van der Waals surface area contributed by atoms with E-state index in [1.165, 1.54) is 6.92 Å². The Morgan fingerprint density at radius 1 is 1.39 bits per heavy atom. The highest BCUT2D eigenvalue weighted by atomic mass is 35.5. The molecule has 1 aliphatic rings. The number of carbonyl (C=O) groups is 1. The van der Waals surface area contributed by atoms with Gasteiger partial charge in [0.25, 0.3) is 0 Å². The Bertz CT molecular complexity index is 664. The van der Waals surface area contributed by atoms with Gasteiger partial charge in [0.05, 0.1) is 4.90 Å². The number of likely N-dealkylation sites (N-methyl/N-ethyl adjacent to an activating group) is 1. The summed E-state index contributed by atoms with van der Waals surface area (Å²) in [5.74, 6) is -0.0213. The van der Waals surface area contributed by atoms with Crippen LogP contribution in [0.1, 0.15) is 26.3 Å². The first-order valence-electron chi connectivity index (χ1n) is 7.49. The lowest BCUT2D eigenvalue weighted by Gasteiger charge is -2.16. The Balaban J connectivity index is 0.00000264. The number of anilines is 1. The molecule has 130 valence electrons. The van der Waals surface area contributed by atoms with Gasteiger partial charge in [0, 0.05) is 31.7 Å². The summed E-state index contributed by atoms with van der Waals surface area (Å²) in [6, 6.07) is 5.01. The first kappa shape index (κ1) is 19.9. The molecule has 0 saturated carbocycles. The van der Waals surface area contributed by atoms with Crippen molar-refractivity contribution in [2.45, 2.75) is 38.1 Å². The molecule has 0 bridgehead atoms. The van der Waals surface area contributed by atoms with E-state index in [1.54, 1.807) is 23.1 Å². The maximum Gasteiger partial charge on any atom is 0.240 e. The van der Waals surface area contributed by atoms with E-state index in [4.69, 9.17) is 0 Å². The second-order valence-corrected chi connectivity index (χ2v) is 7.29. The highest BCUT2D eigenvalue weighted by Crippen LogP contribution is 2.30. The summed E-state index contributed by atoms with van der Waals surface area (Å²) < 4.78 is 27.3. The van der Waals surface area contributed by atoms with E-state index in [9.17, 15) is 13.2 Å². The standard InChI is InChI=1S/C15H23N3O3S.ClH/c1-4-16-11(2)10-17-22(20,21)14-5-6-15-13(9-14)7-8-18(15)12(3)19;/h5-6,9,11,16-17H,4,7-8,10H2,1-3H3;1H/t11-;/m1./s1. The van der Waals surface area contributed by atoms with Crippen molar-refractivity contribution < 1.29 is 13.2 Å². The molecule has 0 spiro atoms. The average Bonchev–Trinajstić information content (AvgIpc) is 2.88. The predicted molar refractivity (Wildman–Crippen MR) is 93.7 cm³/mol. The molecule has 2 rings (SSSR count). The third-order valence-electron chi connectivity index (χ3n) is 3.77. The molecular weight excluding hydrogens is 338 g/mol. The fraction of sp³-hybridized carbons (Fsp3) is 0.533. The van der Waals surface area contributed by atoms with E-state index in [-0.39, 0.29) is 29.3 Å². The zero-order chi connectivity index (χ0) is 16.3. The number of nitrogens with one attached hydrogen (secondary N) is 2. The number of nitrogens with zero attached hydrogens (tertiary/aromatic N) is 1. The smallest absolute Gasteiger partial charge is 0.240 e. The monoisotopic (exact) mass is 361 g/mol. The lowest BCUT2D eigenvalue weighted by atomic mass is 10.2. The molecule has 0 unspecified atom stereocenters. The van der Waals surface area contributed by atoms with E-state index in [0.717, 1.165) is 17.8 Å². The van der Waals surface area contributed by atoms with E-state index in [0.29, 0.717) is 19.5 Å². The van der Waals surface area contributed by atoms with Gasteiger partial charge in [0.15, 0.2) is 0 Å². The Hall–Kier alpha value is -1.15. The molecule has 6 nitrogen and oxygen atoms in total. The summed E-state index contributed by atoms with van der Waals surface area (Å²) in [4.78, 5) is 13.4. The van der Waals surface area contributed by atoms with Crippen molar-refractivity contribution in [3.05, 3.63) is 23.8 Å². The maximum absolute atomic E-state index is 12.3. The SMILES string of the molecule is CCN[C@H](C)CNS(=O)(=O)c1ccc2c(c1)CCN2C(C)=O.Cl. The first-order chi connectivity index (χ1) is 10.3. The summed E-state index contributed by atoms with van der Waals surface area (Å²) in [5, 5.41) is 3.16.